The van der Waals surface area contributed by atoms with Crippen molar-refractivity contribution < 1.29 is 14.3 Å². The van der Waals surface area contributed by atoms with Gasteiger partial charge in [0.1, 0.15) is 11.5 Å². The number of rotatable bonds is 8. The van der Waals surface area contributed by atoms with Crippen LogP contribution in [0, 0.1) is 0 Å². The van der Waals surface area contributed by atoms with Crippen molar-refractivity contribution in [3.05, 3.63) is 23.8 Å². The number of carbonyl (C=O) groups is 1. The Labute approximate surface area is 126 Å². The molecule has 0 aliphatic rings. The summed E-state index contributed by atoms with van der Waals surface area (Å²) in [6.45, 7) is 1.00. The number of ether oxygens (including phenoxy) is 2. The SMILES string of the molecule is CNCC(=O)NCCCc1cc(OC)ccc1OC.Cl. The smallest absolute Gasteiger partial charge is 0.233 e. The third-order valence-corrected chi connectivity index (χ3v) is 2.77. The number of benzene rings is 1. The quantitative estimate of drug-likeness (QED) is 0.713. The van der Waals surface area contributed by atoms with Crippen molar-refractivity contribution in [2.75, 3.05) is 34.4 Å². The molecule has 20 heavy (non-hydrogen) atoms. The van der Waals surface area contributed by atoms with Gasteiger partial charge in [-0.1, -0.05) is 0 Å². The Hall–Kier alpha value is -1.46. The van der Waals surface area contributed by atoms with Crippen LogP contribution in [0.5, 0.6) is 11.5 Å². The number of methoxy groups -OCH3 is 2. The number of likely N-dealkylation sites (N-methyl/N-ethyl adjacent to an activating group) is 1. The van der Waals surface area contributed by atoms with E-state index in [4.69, 9.17) is 9.47 Å². The third-order valence-electron chi connectivity index (χ3n) is 2.77. The van der Waals surface area contributed by atoms with Gasteiger partial charge in [-0.05, 0) is 43.7 Å². The van der Waals surface area contributed by atoms with Crippen LogP contribution in [0.2, 0.25) is 0 Å². The van der Waals surface area contributed by atoms with E-state index < -0.39 is 0 Å². The lowest BCUT2D eigenvalue weighted by molar-refractivity contribution is -0.120. The normalized spacial score (nSPS) is 9.55. The molecule has 0 spiro atoms. The Morgan fingerprint density at radius 3 is 2.60 bits per heavy atom. The molecule has 6 heteroatoms. The lowest BCUT2D eigenvalue weighted by Gasteiger charge is -2.10. The fraction of sp³-hybridized carbons (Fsp3) is 0.500. The second kappa shape index (κ2) is 10.3. The van der Waals surface area contributed by atoms with Crippen LogP contribution in [0.3, 0.4) is 0 Å². The van der Waals surface area contributed by atoms with E-state index in [9.17, 15) is 4.79 Å². The molecule has 1 aromatic carbocycles. The van der Waals surface area contributed by atoms with Gasteiger partial charge in [-0.2, -0.15) is 0 Å². The number of carbonyl (C=O) groups excluding carboxylic acids is 1. The maximum absolute atomic E-state index is 11.3. The van der Waals surface area contributed by atoms with Gasteiger partial charge in [0.25, 0.3) is 0 Å². The highest BCUT2D eigenvalue weighted by atomic mass is 35.5. The highest BCUT2D eigenvalue weighted by Crippen LogP contribution is 2.24. The molecule has 5 nitrogen and oxygen atoms in total. The first kappa shape index (κ1) is 18.5. The van der Waals surface area contributed by atoms with Gasteiger partial charge in [-0.15, -0.1) is 12.4 Å². The van der Waals surface area contributed by atoms with Crippen LogP contribution < -0.4 is 20.1 Å². The second-order valence-corrected chi connectivity index (χ2v) is 4.16. The summed E-state index contributed by atoms with van der Waals surface area (Å²) in [6, 6.07) is 5.74. The van der Waals surface area contributed by atoms with Gasteiger partial charge in [0.05, 0.1) is 20.8 Å². The van der Waals surface area contributed by atoms with Crippen molar-refractivity contribution in [2.24, 2.45) is 0 Å². The first-order chi connectivity index (χ1) is 9.21. The Bertz CT molecular complexity index is 413. The van der Waals surface area contributed by atoms with E-state index in [1.54, 1.807) is 21.3 Å². The summed E-state index contributed by atoms with van der Waals surface area (Å²) in [6.07, 6.45) is 1.69. The molecule has 0 fully saturated rings. The van der Waals surface area contributed by atoms with Crippen molar-refractivity contribution in [1.29, 1.82) is 0 Å². The summed E-state index contributed by atoms with van der Waals surface area (Å²) < 4.78 is 10.5. The monoisotopic (exact) mass is 302 g/mol. The van der Waals surface area contributed by atoms with E-state index in [0.717, 1.165) is 29.9 Å². The van der Waals surface area contributed by atoms with Gasteiger partial charge >= 0.3 is 0 Å². The van der Waals surface area contributed by atoms with Gasteiger partial charge < -0.3 is 20.1 Å². The molecule has 1 aromatic rings. The largest absolute Gasteiger partial charge is 0.497 e. The van der Waals surface area contributed by atoms with Crippen molar-refractivity contribution >= 4 is 18.3 Å². The molecule has 0 unspecified atom stereocenters. The highest BCUT2D eigenvalue weighted by Gasteiger charge is 2.05. The van der Waals surface area contributed by atoms with Crippen LogP contribution in [0.1, 0.15) is 12.0 Å². The zero-order valence-electron chi connectivity index (χ0n) is 12.2. The summed E-state index contributed by atoms with van der Waals surface area (Å²) in [5.41, 5.74) is 1.09. The number of hydrogen-bond acceptors (Lipinski definition) is 4. The molecule has 114 valence electrons. The van der Waals surface area contributed by atoms with Gasteiger partial charge in [-0.3, -0.25) is 4.79 Å². The number of amides is 1. The average molecular weight is 303 g/mol. The lowest BCUT2D eigenvalue weighted by atomic mass is 10.1. The Morgan fingerprint density at radius 2 is 2.00 bits per heavy atom. The molecule has 0 atom stereocenters. The van der Waals surface area contributed by atoms with Crippen LogP contribution in [0.4, 0.5) is 0 Å². The highest BCUT2D eigenvalue weighted by molar-refractivity contribution is 5.85. The van der Waals surface area contributed by atoms with E-state index in [-0.39, 0.29) is 18.3 Å². The molecule has 0 aromatic heterocycles. The minimum Gasteiger partial charge on any atom is -0.497 e. The minimum atomic E-state index is 0. The van der Waals surface area contributed by atoms with E-state index in [0.29, 0.717) is 13.1 Å². The van der Waals surface area contributed by atoms with Crippen molar-refractivity contribution in [3.8, 4) is 11.5 Å². The van der Waals surface area contributed by atoms with Gasteiger partial charge in [0.2, 0.25) is 5.91 Å². The third kappa shape index (κ3) is 6.12. The number of nitrogens with one attached hydrogen (secondary N) is 2. The Kier molecular flexibility index (Phi) is 9.59. The predicted octanol–water partition coefficient (Wildman–Crippen LogP) is 1.39. The molecular weight excluding hydrogens is 280 g/mol. The molecule has 1 rings (SSSR count). The molecule has 1 amide bonds. The average Bonchev–Trinajstić information content (AvgIpc) is 2.43. The van der Waals surface area contributed by atoms with Crippen LogP contribution in [-0.2, 0) is 11.2 Å². The molecule has 0 bridgehead atoms. The van der Waals surface area contributed by atoms with Gasteiger partial charge in [0.15, 0.2) is 0 Å². The standard InChI is InChI=1S/C14H22N2O3.ClH/c1-15-10-14(17)16-8-4-5-11-9-12(18-2)6-7-13(11)19-3;/h6-7,9,15H,4-5,8,10H2,1-3H3,(H,16,17);1H. The summed E-state index contributed by atoms with van der Waals surface area (Å²) in [4.78, 5) is 11.3. The van der Waals surface area contributed by atoms with Gasteiger partial charge in [-0.25, -0.2) is 0 Å². The van der Waals surface area contributed by atoms with Crippen molar-refractivity contribution in [1.82, 2.24) is 10.6 Å². The molecule has 2 N–H and O–H groups in total. The first-order valence-corrected chi connectivity index (χ1v) is 6.33. The summed E-state index contributed by atoms with van der Waals surface area (Å²) >= 11 is 0. The summed E-state index contributed by atoms with van der Waals surface area (Å²) in [5, 5.41) is 5.66. The van der Waals surface area contributed by atoms with Gasteiger partial charge in [0, 0.05) is 6.54 Å². The summed E-state index contributed by atoms with van der Waals surface area (Å²) in [5.74, 6) is 1.68. The van der Waals surface area contributed by atoms with E-state index in [1.807, 2.05) is 18.2 Å². The van der Waals surface area contributed by atoms with E-state index in [1.165, 1.54) is 0 Å². The molecular formula is C14H23ClN2O3. The predicted molar refractivity (Wildman–Crippen MR) is 82.1 cm³/mol. The van der Waals surface area contributed by atoms with Crippen LogP contribution in [0.15, 0.2) is 18.2 Å². The Morgan fingerprint density at radius 1 is 1.25 bits per heavy atom. The molecule has 0 radical (unpaired) electrons. The fourth-order valence-electron chi connectivity index (χ4n) is 1.81. The van der Waals surface area contributed by atoms with E-state index >= 15 is 0 Å². The summed E-state index contributed by atoms with van der Waals surface area (Å²) in [7, 11) is 5.05. The number of halogens is 1. The van der Waals surface area contributed by atoms with E-state index in [2.05, 4.69) is 10.6 Å². The topological polar surface area (TPSA) is 59.6 Å². The van der Waals surface area contributed by atoms with Crippen LogP contribution >= 0.6 is 12.4 Å². The van der Waals surface area contributed by atoms with Crippen molar-refractivity contribution in [2.45, 2.75) is 12.8 Å². The minimum absolute atomic E-state index is 0. The second-order valence-electron chi connectivity index (χ2n) is 4.16. The Balaban J connectivity index is 0.00000361. The molecule has 0 aliphatic carbocycles. The first-order valence-electron chi connectivity index (χ1n) is 6.33. The maximum Gasteiger partial charge on any atom is 0.233 e. The van der Waals surface area contributed by atoms with Crippen LogP contribution in [0.25, 0.3) is 0 Å². The zero-order chi connectivity index (χ0) is 14.1. The maximum atomic E-state index is 11.3. The van der Waals surface area contributed by atoms with Crippen molar-refractivity contribution in [3.63, 3.8) is 0 Å². The number of aryl methyl sites for hydroxylation is 1. The van der Waals surface area contributed by atoms with Crippen LogP contribution in [-0.4, -0.2) is 40.3 Å². The molecule has 0 saturated carbocycles. The number of hydrogen-bond donors (Lipinski definition) is 2. The molecule has 0 aliphatic heterocycles. The zero-order valence-corrected chi connectivity index (χ0v) is 13.0. The molecule has 0 heterocycles. The lowest BCUT2D eigenvalue weighted by Crippen LogP contribution is -2.32. The fourth-order valence-corrected chi connectivity index (χ4v) is 1.81. The molecule has 0 saturated heterocycles.